The van der Waals surface area contributed by atoms with Crippen molar-refractivity contribution in [3.8, 4) is 11.5 Å². The molecule has 1 N–H and O–H groups in total. The summed E-state index contributed by atoms with van der Waals surface area (Å²) >= 11 is 6.08. The second-order valence-electron chi connectivity index (χ2n) is 12.7. The van der Waals surface area contributed by atoms with Crippen LogP contribution in [0.15, 0.2) is 102 Å². The SMILES string of the molecule is CCCCCC(=O)N1c2ccccc2NC2=C(C(=O)C[C@H](c3ccc(C)cc3)C2)[C@H]1c1ccc(OCc2ccc(Cl)cc2)c(OCC)c1. The van der Waals surface area contributed by atoms with Gasteiger partial charge in [-0.25, -0.2) is 0 Å². The Morgan fingerprint density at radius 1 is 0.875 bits per heavy atom. The van der Waals surface area contributed by atoms with Gasteiger partial charge in [0.25, 0.3) is 0 Å². The molecule has 1 amide bonds. The van der Waals surface area contributed by atoms with Crippen molar-refractivity contribution < 1.29 is 19.1 Å². The molecule has 4 aromatic carbocycles. The van der Waals surface area contributed by atoms with Gasteiger partial charge in [-0.2, -0.15) is 0 Å². The van der Waals surface area contributed by atoms with Crippen molar-refractivity contribution in [1.29, 1.82) is 0 Å². The molecule has 248 valence electrons. The minimum absolute atomic E-state index is 0.00840. The van der Waals surface area contributed by atoms with E-state index in [2.05, 4.69) is 43.4 Å². The number of aryl methyl sites for hydroxylation is 1. The van der Waals surface area contributed by atoms with Crippen LogP contribution < -0.4 is 19.7 Å². The van der Waals surface area contributed by atoms with E-state index in [0.29, 0.717) is 54.6 Å². The van der Waals surface area contributed by atoms with Crippen molar-refractivity contribution in [3.05, 3.63) is 130 Å². The van der Waals surface area contributed by atoms with Crippen LogP contribution in [-0.4, -0.2) is 18.3 Å². The molecule has 0 fully saturated rings. The molecule has 1 aliphatic heterocycles. The van der Waals surface area contributed by atoms with Gasteiger partial charge in [0.05, 0.1) is 24.0 Å². The summed E-state index contributed by atoms with van der Waals surface area (Å²) in [5.41, 5.74) is 7.19. The van der Waals surface area contributed by atoms with E-state index in [0.717, 1.165) is 53.0 Å². The molecule has 1 heterocycles. The van der Waals surface area contributed by atoms with Crippen LogP contribution in [0, 0.1) is 6.92 Å². The molecule has 6 rings (SSSR count). The number of para-hydroxylation sites is 2. The number of ketones is 1. The first kappa shape index (κ1) is 33.4. The summed E-state index contributed by atoms with van der Waals surface area (Å²) in [4.78, 5) is 30.6. The molecular weight excluding hydrogens is 620 g/mol. The van der Waals surface area contributed by atoms with Gasteiger partial charge in [-0.1, -0.05) is 91.5 Å². The number of hydrogen-bond acceptors (Lipinski definition) is 5. The Bertz CT molecular complexity index is 1800. The van der Waals surface area contributed by atoms with Crippen LogP contribution in [0.25, 0.3) is 0 Å². The number of allylic oxidation sites excluding steroid dienone is 1. The maximum absolute atomic E-state index is 14.5. The van der Waals surface area contributed by atoms with Crippen molar-refractivity contribution >= 4 is 34.7 Å². The van der Waals surface area contributed by atoms with E-state index in [1.165, 1.54) is 5.56 Å². The largest absolute Gasteiger partial charge is 0.490 e. The molecule has 0 saturated heterocycles. The number of nitrogens with one attached hydrogen (secondary N) is 1. The first-order valence-corrected chi connectivity index (χ1v) is 17.4. The molecule has 0 spiro atoms. The molecule has 0 bridgehead atoms. The standard InChI is InChI=1S/C41H43ClN2O4/c1-4-6-7-12-39(46)44-35-11-9-8-10-33(35)43-34-23-31(29-17-13-27(3)14-18-29)24-36(45)40(34)41(44)30-19-22-37(38(25-30)47-5-2)48-26-28-15-20-32(42)21-16-28/h8-11,13-22,25,31,41,43H,4-7,12,23-24,26H2,1-3H3/t31-,41-/m1/s1. The molecule has 48 heavy (non-hydrogen) atoms. The van der Waals surface area contributed by atoms with Crippen molar-refractivity contribution in [2.45, 2.75) is 77.9 Å². The van der Waals surface area contributed by atoms with E-state index < -0.39 is 6.04 Å². The van der Waals surface area contributed by atoms with Gasteiger partial charge < -0.3 is 14.8 Å². The van der Waals surface area contributed by atoms with Crippen LogP contribution in [-0.2, 0) is 16.2 Å². The smallest absolute Gasteiger partial charge is 0.227 e. The van der Waals surface area contributed by atoms with Crippen LogP contribution in [0.5, 0.6) is 11.5 Å². The zero-order valence-corrected chi connectivity index (χ0v) is 28.7. The first-order chi connectivity index (χ1) is 23.4. The molecule has 1 aliphatic carbocycles. The van der Waals surface area contributed by atoms with Gasteiger partial charge in [0.2, 0.25) is 5.91 Å². The van der Waals surface area contributed by atoms with Crippen LogP contribution in [0.2, 0.25) is 5.02 Å². The summed E-state index contributed by atoms with van der Waals surface area (Å²) in [6.45, 7) is 6.91. The van der Waals surface area contributed by atoms with Crippen LogP contribution in [0.1, 0.15) is 86.6 Å². The van der Waals surface area contributed by atoms with Gasteiger partial charge in [-0.05, 0) is 85.7 Å². The Morgan fingerprint density at radius 3 is 2.38 bits per heavy atom. The molecule has 4 aromatic rings. The topological polar surface area (TPSA) is 67.9 Å². The Kier molecular flexibility index (Phi) is 10.5. The molecule has 2 atom stereocenters. The highest BCUT2D eigenvalue weighted by Crippen LogP contribution is 2.48. The van der Waals surface area contributed by atoms with Gasteiger partial charge in [-0.3, -0.25) is 14.5 Å². The molecule has 0 saturated carbocycles. The average Bonchev–Trinajstić information content (AvgIpc) is 3.24. The summed E-state index contributed by atoms with van der Waals surface area (Å²) < 4.78 is 12.4. The fourth-order valence-electron chi connectivity index (χ4n) is 6.73. The number of hydrogen-bond donors (Lipinski definition) is 1. The van der Waals surface area contributed by atoms with Gasteiger partial charge in [0, 0.05) is 29.1 Å². The highest BCUT2D eigenvalue weighted by molar-refractivity contribution is 6.30. The Hall–Kier alpha value is -4.55. The molecular formula is C41H43ClN2O4. The van der Waals surface area contributed by atoms with Crippen molar-refractivity contribution in [2.75, 3.05) is 16.8 Å². The van der Waals surface area contributed by atoms with Crippen LogP contribution in [0.3, 0.4) is 0 Å². The number of unbranched alkanes of at least 4 members (excludes halogenated alkanes) is 2. The third-order valence-electron chi connectivity index (χ3n) is 9.19. The number of nitrogens with zero attached hydrogens (tertiary/aromatic N) is 1. The summed E-state index contributed by atoms with van der Waals surface area (Å²) in [5.74, 6) is 1.22. The second-order valence-corrected chi connectivity index (χ2v) is 13.1. The number of benzene rings is 4. The Balaban J connectivity index is 1.45. The number of carbonyl (C=O) groups excluding carboxylic acids is 2. The molecule has 2 aliphatic rings. The Morgan fingerprint density at radius 2 is 1.62 bits per heavy atom. The van der Waals surface area contributed by atoms with E-state index in [1.54, 1.807) is 0 Å². The molecule has 0 unspecified atom stereocenters. The van der Waals surface area contributed by atoms with E-state index in [-0.39, 0.29) is 17.6 Å². The molecule has 7 heteroatoms. The highest BCUT2D eigenvalue weighted by Gasteiger charge is 2.41. The lowest BCUT2D eigenvalue weighted by Crippen LogP contribution is -2.38. The number of halogens is 1. The average molecular weight is 663 g/mol. The summed E-state index contributed by atoms with van der Waals surface area (Å²) in [6.07, 6.45) is 4.18. The third kappa shape index (κ3) is 7.29. The lowest BCUT2D eigenvalue weighted by Gasteiger charge is -2.35. The number of ether oxygens (including phenoxy) is 2. The monoisotopic (exact) mass is 662 g/mol. The van der Waals surface area contributed by atoms with Crippen molar-refractivity contribution in [1.82, 2.24) is 0 Å². The summed E-state index contributed by atoms with van der Waals surface area (Å²) in [6, 6.07) is 29.0. The normalized spacial score (nSPS) is 17.2. The zero-order chi connectivity index (χ0) is 33.6. The van der Waals surface area contributed by atoms with E-state index >= 15 is 0 Å². The fourth-order valence-corrected chi connectivity index (χ4v) is 6.85. The highest BCUT2D eigenvalue weighted by atomic mass is 35.5. The van der Waals surface area contributed by atoms with E-state index in [1.807, 2.05) is 78.6 Å². The predicted molar refractivity (Wildman–Crippen MR) is 193 cm³/mol. The maximum Gasteiger partial charge on any atom is 0.227 e. The van der Waals surface area contributed by atoms with Crippen molar-refractivity contribution in [3.63, 3.8) is 0 Å². The van der Waals surface area contributed by atoms with Crippen molar-refractivity contribution in [2.24, 2.45) is 0 Å². The number of amides is 1. The lowest BCUT2D eigenvalue weighted by atomic mass is 9.78. The number of anilines is 2. The fraction of sp³-hybridized carbons (Fsp3) is 0.317. The maximum atomic E-state index is 14.5. The van der Waals surface area contributed by atoms with Crippen LogP contribution in [0.4, 0.5) is 11.4 Å². The summed E-state index contributed by atoms with van der Waals surface area (Å²) in [5, 5.41) is 4.32. The second kappa shape index (κ2) is 15.1. The minimum atomic E-state index is -0.638. The van der Waals surface area contributed by atoms with Gasteiger partial charge in [0.15, 0.2) is 17.3 Å². The van der Waals surface area contributed by atoms with E-state index in [9.17, 15) is 9.59 Å². The van der Waals surface area contributed by atoms with E-state index in [4.69, 9.17) is 21.1 Å². The lowest BCUT2D eigenvalue weighted by molar-refractivity contribution is -0.119. The third-order valence-corrected chi connectivity index (χ3v) is 9.44. The Labute approximate surface area is 288 Å². The van der Waals surface area contributed by atoms with Gasteiger partial charge in [0.1, 0.15) is 6.61 Å². The number of rotatable bonds is 11. The first-order valence-electron chi connectivity index (χ1n) is 17.0. The summed E-state index contributed by atoms with van der Waals surface area (Å²) in [7, 11) is 0. The van der Waals surface area contributed by atoms with Crippen LogP contribution >= 0.6 is 11.6 Å². The quantitative estimate of drug-likeness (QED) is 0.162. The minimum Gasteiger partial charge on any atom is -0.490 e. The molecule has 6 nitrogen and oxygen atoms in total. The number of Topliss-reactive ketones (excluding diaryl/α,β-unsaturated/α-hetero) is 1. The number of fused-ring (bicyclic) bond motifs is 1. The molecule has 0 aromatic heterocycles. The van der Waals surface area contributed by atoms with Gasteiger partial charge in [-0.15, -0.1) is 0 Å². The predicted octanol–water partition coefficient (Wildman–Crippen LogP) is 10.1. The number of carbonyl (C=O) groups is 2. The molecule has 0 radical (unpaired) electrons. The zero-order valence-electron chi connectivity index (χ0n) is 27.9. The van der Waals surface area contributed by atoms with Gasteiger partial charge >= 0.3 is 0 Å².